The molecule has 3 heterocycles. The highest BCUT2D eigenvalue weighted by Gasteiger charge is 2.32. The predicted molar refractivity (Wildman–Crippen MR) is 144 cm³/mol. The van der Waals surface area contributed by atoms with Crippen LogP contribution in [0.15, 0.2) is 59.4 Å². The van der Waals surface area contributed by atoms with Crippen LogP contribution in [0.4, 0.5) is 11.4 Å². The first-order valence-corrected chi connectivity index (χ1v) is 12.9. The smallest absolute Gasteiger partial charge is 0.278 e. The highest BCUT2D eigenvalue weighted by atomic mass is 16.2. The monoisotopic (exact) mass is 499 g/mol. The van der Waals surface area contributed by atoms with E-state index in [2.05, 4.69) is 42.0 Å². The Morgan fingerprint density at radius 3 is 2.43 bits per heavy atom. The molecule has 1 unspecified atom stereocenters. The maximum Gasteiger partial charge on any atom is 0.278 e. The molecule has 1 saturated heterocycles. The van der Waals surface area contributed by atoms with E-state index in [0.717, 1.165) is 30.8 Å². The molecule has 5 rings (SSSR count). The van der Waals surface area contributed by atoms with Crippen LogP contribution in [0.5, 0.6) is 0 Å². The minimum absolute atomic E-state index is 0.00636. The Morgan fingerprint density at radius 1 is 0.919 bits per heavy atom. The van der Waals surface area contributed by atoms with Gasteiger partial charge in [0.15, 0.2) is 0 Å². The van der Waals surface area contributed by atoms with Gasteiger partial charge in [0.25, 0.3) is 11.5 Å². The van der Waals surface area contributed by atoms with Crippen LogP contribution in [-0.4, -0.2) is 58.7 Å². The van der Waals surface area contributed by atoms with Gasteiger partial charge in [-0.1, -0.05) is 30.3 Å². The predicted octanol–water partition coefficient (Wildman–Crippen LogP) is 3.19. The fourth-order valence-corrected chi connectivity index (χ4v) is 5.36. The number of hydrogen-bond acceptors (Lipinski definition) is 5. The van der Waals surface area contributed by atoms with E-state index in [1.54, 1.807) is 4.90 Å². The maximum absolute atomic E-state index is 13.3. The summed E-state index contributed by atoms with van der Waals surface area (Å²) in [7, 11) is 0. The molecule has 1 atom stereocenters. The summed E-state index contributed by atoms with van der Waals surface area (Å²) >= 11 is 0. The molecule has 0 radical (unpaired) electrons. The summed E-state index contributed by atoms with van der Waals surface area (Å²) in [5.74, 6) is -0.242. The van der Waals surface area contributed by atoms with E-state index in [-0.39, 0.29) is 42.1 Å². The Bertz CT molecular complexity index is 1390. The van der Waals surface area contributed by atoms with Gasteiger partial charge in [0, 0.05) is 56.1 Å². The molecule has 8 heteroatoms. The van der Waals surface area contributed by atoms with Crippen molar-refractivity contribution < 1.29 is 9.59 Å². The van der Waals surface area contributed by atoms with Crippen molar-refractivity contribution in [1.82, 2.24) is 14.7 Å². The molecule has 0 bridgehead atoms. The number of aromatic nitrogens is 2. The fraction of sp³-hybridized carbons (Fsp3) is 0.379. The number of nitrogens with zero attached hydrogens (tertiary/aromatic N) is 5. The molecular weight excluding hydrogens is 466 g/mol. The Hall–Kier alpha value is -3.94. The van der Waals surface area contributed by atoms with Crippen LogP contribution in [-0.2, 0) is 17.8 Å². The molecule has 192 valence electrons. The number of carbonyl (C=O) groups excluding carboxylic acids is 2. The lowest BCUT2D eigenvalue weighted by Gasteiger charge is -2.37. The van der Waals surface area contributed by atoms with Gasteiger partial charge in [-0.3, -0.25) is 14.4 Å². The fourth-order valence-electron chi connectivity index (χ4n) is 5.36. The van der Waals surface area contributed by atoms with Crippen LogP contribution in [0.1, 0.15) is 40.5 Å². The van der Waals surface area contributed by atoms with E-state index < -0.39 is 0 Å². The summed E-state index contributed by atoms with van der Waals surface area (Å²) in [6.07, 6.45) is 0.948. The zero-order valence-electron chi connectivity index (χ0n) is 21.7. The van der Waals surface area contributed by atoms with Gasteiger partial charge in [0.05, 0.1) is 6.54 Å². The van der Waals surface area contributed by atoms with Crippen molar-refractivity contribution in [3.05, 3.63) is 87.3 Å². The van der Waals surface area contributed by atoms with E-state index in [4.69, 9.17) is 0 Å². The third-order valence-corrected chi connectivity index (χ3v) is 7.60. The standard InChI is InChI=1S/C29H33N5O3/c1-20-7-6-10-25(22(20)3)31-15-17-32(18-16-31)27(35)13-14-33-28(36)12-11-24(30-33)29(37)34-21(2)19-23-8-4-5-9-26(23)34/h4-12,21H,13-19H2,1-3H3. The summed E-state index contributed by atoms with van der Waals surface area (Å²) in [5, 5.41) is 4.34. The molecule has 2 aromatic carbocycles. The molecule has 8 nitrogen and oxygen atoms in total. The average molecular weight is 500 g/mol. The summed E-state index contributed by atoms with van der Waals surface area (Å²) in [6.45, 7) is 9.21. The molecule has 0 aliphatic carbocycles. The number of anilines is 2. The number of benzene rings is 2. The zero-order chi connectivity index (χ0) is 26.1. The summed E-state index contributed by atoms with van der Waals surface area (Å²) in [5.41, 5.74) is 5.65. The maximum atomic E-state index is 13.3. The second-order valence-corrected chi connectivity index (χ2v) is 9.97. The molecule has 1 fully saturated rings. The topological polar surface area (TPSA) is 78.8 Å². The number of hydrogen-bond donors (Lipinski definition) is 0. The van der Waals surface area contributed by atoms with Gasteiger partial charge in [-0.05, 0) is 62.1 Å². The second-order valence-electron chi connectivity index (χ2n) is 9.97. The molecule has 1 aromatic heterocycles. The molecular formula is C29H33N5O3. The van der Waals surface area contributed by atoms with Crippen molar-refractivity contribution in [2.75, 3.05) is 36.0 Å². The number of aryl methyl sites for hydroxylation is 2. The minimum Gasteiger partial charge on any atom is -0.368 e. The SMILES string of the molecule is Cc1cccc(N2CCN(C(=O)CCn3nc(C(=O)N4c5ccccc5CC4C)ccc3=O)CC2)c1C. The van der Waals surface area contributed by atoms with Crippen LogP contribution in [0, 0.1) is 13.8 Å². The highest BCUT2D eigenvalue weighted by molar-refractivity contribution is 6.06. The molecule has 2 aliphatic heterocycles. The van der Waals surface area contributed by atoms with Crippen molar-refractivity contribution in [1.29, 1.82) is 0 Å². The quantitative estimate of drug-likeness (QED) is 0.539. The molecule has 2 amide bonds. The summed E-state index contributed by atoms with van der Waals surface area (Å²) in [6, 6.07) is 17.0. The largest absolute Gasteiger partial charge is 0.368 e. The number of carbonyl (C=O) groups is 2. The van der Waals surface area contributed by atoms with Crippen LogP contribution in [0.2, 0.25) is 0 Å². The molecule has 0 spiro atoms. The van der Waals surface area contributed by atoms with Gasteiger partial charge < -0.3 is 14.7 Å². The van der Waals surface area contributed by atoms with Crippen molar-refractivity contribution in [2.24, 2.45) is 0 Å². The van der Waals surface area contributed by atoms with Crippen molar-refractivity contribution in [3.63, 3.8) is 0 Å². The Labute approximate surface area is 217 Å². The van der Waals surface area contributed by atoms with Crippen molar-refractivity contribution in [2.45, 2.75) is 46.2 Å². The second kappa shape index (κ2) is 10.2. The lowest BCUT2D eigenvalue weighted by atomic mass is 10.1. The van der Waals surface area contributed by atoms with Gasteiger partial charge in [0.1, 0.15) is 5.69 Å². The number of rotatable bonds is 5. The van der Waals surface area contributed by atoms with Gasteiger partial charge in [0.2, 0.25) is 5.91 Å². The number of piperazine rings is 1. The molecule has 2 aliphatic rings. The summed E-state index contributed by atoms with van der Waals surface area (Å²) < 4.78 is 1.24. The van der Waals surface area contributed by atoms with Crippen LogP contribution in [0.25, 0.3) is 0 Å². The van der Waals surface area contributed by atoms with E-state index in [0.29, 0.717) is 13.1 Å². The number of para-hydroxylation sites is 1. The Morgan fingerprint density at radius 2 is 1.65 bits per heavy atom. The normalized spacial score (nSPS) is 17.2. The number of amides is 2. The zero-order valence-corrected chi connectivity index (χ0v) is 21.7. The van der Waals surface area contributed by atoms with Crippen LogP contribution >= 0.6 is 0 Å². The van der Waals surface area contributed by atoms with Crippen molar-refractivity contribution >= 4 is 23.2 Å². The Balaban J connectivity index is 1.22. The molecule has 0 N–H and O–H groups in total. The first-order valence-electron chi connectivity index (χ1n) is 12.9. The van der Waals surface area contributed by atoms with Gasteiger partial charge >= 0.3 is 0 Å². The van der Waals surface area contributed by atoms with Crippen molar-refractivity contribution in [3.8, 4) is 0 Å². The third kappa shape index (κ3) is 4.88. The lowest BCUT2D eigenvalue weighted by molar-refractivity contribution is -0.131. The molecule has 0 saturated carbocycles. The van der Waals surface area contributed by atoms with E-state index in [9.17, 15) is 14.4 Å². The lowest BCUT2D eigenvalue weighted by Crippen LogP contribution is -2.49. The number of fused-ring (bicyclic) bond motifs is 1. The van der Waals surface area contributed by atoms with Gasteiger partial charge in [-0.15, -0.1) is 0 Å². The van der Waals surface area contributed by atoms with Crippen LogP contribution in [0.3, 0.4) is 0 Å². The molecule has 3 aromatic rings. The highest BCUT2D eigenvalue weighted by Crippen LogP contribution is 2.32. The first kappa shape index (κ1) is 24.7. The van der Waals surface area contributed by atoms with E-state index in [1.165, 1.54) is 33.6 Å². The van der Waals surface area contributed by atoms with Gasteiger partial charge in [-0.25, -0.2) is 4.68 Å². The summed E-state index contributed by atoms with van der Waals surface area (Å²) in [4.78, 5) is 44.7. The minimum atomic E-state index is -0.320. The van der Waals surface area contributed by atoms with Crippen LogP contribution < -0.4 is 15.4 Å². The average Bonchev–Trinajstić information content (AvgIpc) is 3.25. The van der Waals surface area contributed by atoms with E-state index >= 15 is 0 Å². The first-order chi connectivity index (χ1) is 17.8. The van der Waals surface area contributed by atoms with E-state index in [1.807, 2.05) is 36.1 Å². The third-order valence-electron chi connectivity index (χ3n) is 7.60. The van der Waals surface area contributed by atoms with Gasteiger partial charge in [-0.2, -0.15) is 5.10 Å². The molecule has 37 heavy (non-hydrogen) atoms. The Kier molecular flexibility index (Phi) is 6.82.